The van der Waals surface area contributed by atoms with E-state index in [1.807, 2.05) is 12.3 Å². The van der Waals surface area contributed by atoms with E-state index in [9.17, 15) is 14.3 Å². The predicted octanol–water partition coefficient (Wildman–Crippen LogP) is 3.10. The van der Waals surface area contributed by atoms with E-state index in [4.69, 9.17) is 5.73 Å². The van der Waals surface area contributed by atoms with Crippen LogP contribution in [0, 0.1) is 17.7 Å². The summed E-state index contributed by atoms with van der Waals surface area (Å²) in [7, 11) is 0. The Morgan fingerprint density at radius 1 is 1.33 bits per heavy atom. The lowest BCUT2D eigenvalue weighted by Crippen LogP contribution is -2.14. The summed E-state index contributed by atoms with van der Waals surface area (Å²) in [4.78, 5) is 25.7. The first-order valence-electron chi connectivity index (χ1n) is 11.2. The third-order valence-electron chi connectivity index (χ3n) is 6.05. The molecule has 0 spiro atoms. The van der Waals surface area contributed by atoms with E-state index in [0.29, 0.717) is 34.3 Å². The van der Waals surface area contributed by atoms with Gasteiger partial charge < -0.3 is 10.8 Å². The van der Waals surface area contributed by atoms with Gasteiger partial charge >= 0.3 is 0 Å². The van der Waals surface area contributed by atoms with Crippen LogP contribution in [0.4, 0.5) is 4.39 Å². The van der Waals surface area contributed by atoms with E-state index < -0.39 is 17.3 Å². The van der Waals surface area contributed by atoms with Crippen molar-refractivity contribution in [2.75, 3.05) is 0 Å². The number of aromatic nitrogens is 6. The van der Waals surface area contributed by atoms with Crippen molar-refractivity contribution in [2.45, 2.75) is 31.8 Å². The van der Waals surface area contributed by atoms with Crippen molar-refractivity contribution >= 4 is 12.1 Å². The first-order valence-corrected chi connectivity index (χ1v) is 11.2. The van der Waals surface area contributed by atoms with Gasteiger partial charge in [0.2, 0.25) is 0 Å². The zero-order chi connectivity index (χ0) is 25.2. The Bertz CT molecular complexity index is 1650. The topological polar surface area (TPSA) is 136 Å². The van der Waals surface area contributed by atoms with Gasteiger partial charge in [-0.1, -0.05) is 11.8 Å². The number of H-pyrrole nitrogens is 1. The van der Waals surface area contributed by atoms with Gasteiger partial charge in [-0.25, -0.2) is 14.4 Å². The molecule has 1 aromatic carbocycles. The SMILES string of the molecule is CC(C)(O)C#Cc1cc2c(cc1F)C1CC1=Cn1c-2nc(C(N)=O)c1-c1nc(-c2cccnc2)n[nH]1. The number of amides is 1. The van der Waals surface area contributed by atoms with Gasteiger partial charge in [0.1, 0.15) is 22.9 Å². The van der Waals surface area contributed by atoms with Crippen LogP contribution >= 0.6 is 0 Å². The highest BCUT2D eigenvalue weighted by Crippen LogP contribution is 2.53. The second-order valence-corrected chi connectivity index (χ2v) is 9.31. The van der Waals surface area contributed by atoms with Crippen LogP contribution < -0.4 is 5.73 Å². The summed E-state index contributed by atoms with van der Waals surface area (Å²) >= 11 is 0. The van der Waals surface area contributed by atoms with Crippen LogP contribution in [-0.4, -0.2) is 46.3 Å². The van der Waals surface area contributed by atoms with Crippen molar-refractivity contribution < 1.29 is 14.3 Å². The Morgan fingerprint density at radius 2 is 2.17 bits per heavy atom. The maximum Gasteiger partial charge on any atom is 0.269 e. The van der Waals surface area contributed by atoms with E-state index >= 15 is 0 Å². The monoisotopic (exact) mass is 481 g/mol. The first kappa shape index (κ1) is 21.9. The lowest BCUT2D eigenvalue weighted by molar-refractivity contribution is 0.0996. The fourth-order valence-corrected chi connectivity index (χ4v) is 4.32. The zero-order valence-electron chi connectivity index (χ0n) is 19.4. The van der Waals surface area contributed by atoms with Gasteiger partial charge in [-0.2, -0.15) is 5.10 Å². The molecule has 4 N–H and O–H groups in total. The third-order valence-corrected chi connectivity index (χ3v) is 6.05. The summed E-state index contributed by atoms with van der Waals surface area (Å²) in [5.74, 6) is 5.32. The molecule has 2 aliphatic rings. The van der Waals surface area contributed by atoms with E-state index in [1.165, 1.54) is 19.9 Å². The van der Waals surface area contributed by atoms with Crippen molar-refractivity contribution in [3.8, 4) is 46.1 Å². The van der Waals surface area contributed by atoms with Gasteiger partial charge in [-0.3, -0.25) is 19.4 Å². The van der Waals surface area contributed by atoms with Gasteiger partial charge in [0.25, 0.3) is 5.91 Å². The summed E-state index contributed by atoms with van der Waals surface area (Å²) in [6.07, 6.45) is 5.93. The smallest absolute Gasteiger partial charge is 0.269 e. The molecule has 0 bridgehead atoms. The van der Waals surface area contributed by atoms with Crippen LogP contribution in [0.1, 0.15) is 47.8 Å². The molecule has 0 saturated heterocycles. The number of carbonyl (C=O) groups excluding carboxylic acids is 1. The molecule has 10 heteroatoms. The maximum absolute atomic E-state index is 15.0. The van der Waals surface area contributed by atoms with Crippen LogP contribution in [0.5, 0.6) is 0 Å². The largest absolute Gasteiger partial charge is 0.378 e. The van der Waals surface area contributed by atoms with E-state index in [-0.39, 0.29) is 17.2 Å². The number of benzene rings is 1. The summed E-state index contributed by atoms with van der Waals surface area (Å²) < 4.78 is 16.7. The molecule has 1 atom stereocenters. The number of primary amides is 1. The normalized spacial score (nSPS) is 15.6. The lowest BCUT2D eigenvalue weighted by atomic mass is 9.98. The number of allylic oxidation sites excluding steroid dienone is 1. The number of nitrogens with zero attached hydrogens (tertiary/aromatic N) is 5. The second-order valence-electron chi connectivity index (χ2n) is 9.31. The van der Waals surface area contributed by atoms with Gasteiger partial charge in [-0.05, 0) is 55.7 Å². The Kier molecular flexibility index (Phi) is 4.68. The summed E-state index contributed by atoms with van der Waals surface area (Å²) in [5, 5.41) is 17.1. The van der Waals surface area contributed by atoms with Crippen molar-refractivity contribution in [1.82, 2.24) is 29.7 Å². The Balaban J connectivity index is 1.56. The van der Waals surface area contributed by atoms with E-state index in [2.05, 4.69) is 37.0 Å². The molecular weight excluding hydrogens is 461 g/mol. The number of hydrogen-bond donors (Lipinski definition) is 3. The molecular formula is C26H20FN7O2. The predicted molar refractivity (Wildman–Crippen MR) is 130 cm³/mol. The number of halogens is 1. The van der Waals surface area contributed by atoms with Crippen molar-refractivity contribution in [1.29, 1.82) is 0 Å². The number of aromatic amines is 1. The summed E-state index contributed by atoms with van der Waals surface area (Å²) in [5.41, 5.74) is 8.07. The molecule has 0 radical (unpaired) electrons. The molecule has 9 nitrogen and oxygen atoms in total. The second kappa shape index (κ2) is 7.69. The quantitative estimate of drug-likeness (QED) is 0.385. The highest BCUT2D eigenvalue weighted by atomic mass is 19.1. The first-order chi connectivity index (χ1) is 17.2. The number of imidazole rings is 1. The highest BCUT2D eigenvalue weighted by Gasteiger charge is 2.39. The minimum atomic E-state index is -1.28. The minimum absolute atomic E-state index is 0.00855. The molecule has 1 amide bonds. The fourth-order valence-electron chi connectivity index (χ4n) is 4.32. The van der Waals surface area contributed by atoms with Crippen LogP contribution in [0.3, 0.4) is 0 Å². The lowest BCUT2D eigenvalue weighted by Gasteiger charge is -2.10. The van der Waals surface area contributed by atoms with E-state index in [1.54, 1.807) is 29.1 Å². The highest BCUT2D eigenvalue weighted by molar-refractivity contribution is 5.98. The number of aliphatic hydroxyl groups is 1. The average Bonchev–Trinajstić information content (AvgIpc) is 3.28. The van der Waals surface area contributed by atoms with E-state index in [0.717, 1.165) is 17.6 Å². The Morgan fingerprint density at radius 3 is 2.89 bits per heavy atom. The van der Waals surface area contributed by atoms with Crippen molar-refractivity contribution in [3.05, 3.63) is 64.9 Å². The number of nitrogens with one attached hydrogen (secondary N) is 1. The summed E-state index contributed by atoms with van der Waals surface area (Å²) in [6.45, 7) is 3.05. The number of fused-ring (bicyclic) bond motifs is 5. The number of nitrogens with two attached hydrogens (primary N) is 1. The molecule has 3 aromatic heterocycles. The number of rotatable bonds is 3. The van der Waals surface area contributed by atoms with Gasteiger partial charge in [0, 0.05) is 35.6 Å². The van der Waals surface area contributed by atoms with Crippen LogP contribution in [-0.2, 0) is 0 Å². The van der Waals surface area contributed by atoms with Crippen molar-refractivity contribution in [3.63, 3.8) is 0 Å². The molecule has 1 aliphatic heterocycles. The fraction of sp³-hybridized carbons (Fsp3) is 0.192. The van der Waals surface area contributed by atoms with Crippen molar-refractivity contribution in [2.24, 2.45) is 5.73 Å². The molecule has 1 unspecified atom stereocenters. The van der Waals surface area contributed by atoms with Gasteiger partial charge in [0.05, 0.1) is 5.56 Å². The molecule has 36 heavy (non-hydrogen) atoms. The molecule has 1 fully saturated rings. The van der Waals surface area contributed by atoms with Gasteiger partial charge in [0.15, 0.2) is 17.3 Å². The molecule has 4 aromatic rings. The molecule has 1 aliphatic carbocycles. The number of pyridine rings is 1. The molecule has 4 heterocycles. The standard InChI is InChI=1S/C26H20FN7O2/c1-26(2,36)6-5-13-8-18-17(10-19(13)27)16-9-15(16)12-34-21(20(22(28)35)30-25(18)34)24-31-23(32-33-24)14-4-3-7-29-11-14/h3-4,7-8,10-12,16,36H,9H2,1-2H3,(H2,28,35)(H,31,32,33). The van der Waals surface area contributed by atoms with Gasteiger partial charge in [-0.15, -0.1) is 0 Å². The Hall–Kier alpha value is -4.62. The third kappa shape index (κ3) is 3.66. The summed E-state index contributed by atoms with van der Waals surface area (Å²) in [6, 6.07) is 6.66. The molecule has 178 valence electrons. The van der Waals surface area contributed by atoms with Crippen LogP contribution in [0.25, 0.3) is 40.5 Å². The molecule has 6 rings (SSSR count). The number of hydrogen-bond acceptors (Lipinski definition) is 6. The minimum Gasteiger partial charge on any atom is -0.378 e. The average molecular weight is 481 g/mol. The molecule has 1 saturated carbocycles. The maximum atomic E-state index is 15.0. The van der Waals surface area contributed by atoms with Crippen LogP contribution in [0.2, 0.25) is 0 Å². The Labute approximate surface area is 204 Å². The van der Waals surface area contributed by atoms with Crippen LogP contribution in [0.15, 0.2) is 42.2 Å². The number of carbonyl (C=O) groups is 1. The zero-order valence-corrected chi connectivity index (χ0v) is 19.4.